The first-order valence-corrected chi connectivity index (χ1v) is 14.4. The van der Waals surface area contributed by atoms with E-state index in [0.29, 0.717) is 6.54 Å². The monoisotopic (exact) mass is 515 g/mol. The predicted octanol–water partition coefficient (Wildman–Crippen LogP) is 6.88. The van der Waals surface area contributed by atoms with Gasteiger partial charge in [-0.15, -0.1) is 0 Å². The lowest BCUT2D eigenvalue weighted by Gasteiger charge is -2.33. The van der Waals surface area contributed by atoms with Crippen LogP contribution in [0.4, 0.5) is 9.59 Å². The Hall–Kier alpha value is -1.54. The second kappa shape index (κ2) is 22.6. The summed E-state index contributed by atoms with van der Waals surface area (Å²) in [6.07, 6.45) is 15.4. The molecule has 214 valence electrons. The number of carbonyl (C=O) groups excluding carboxylic acids is 1. The molecule has 8 heteroatoms. The number of rotatable bonds is 23. The molecule has 0 spiro atoms. The van der Waals surface area contributed by atoms with E-state index in [9.17, 15) is 14.7 Å². The second-order valence-electron chi connectivity index (χ2n) is 10.3. The zero-order chi connectivity index (χ0) is 27.2. The molecule has 2 amide bonds. The summed E-state index contributed by atoms with van der Waals surface area (Å²) in [7, 11) is 5.21. The van der Waals surface area contributed by atoms with E-state index in [4.69, 9.17) is 9.47 Å². The largest absolute Gasteiger partial charge is 0.465 e. The lowest BCUT2D eigenvalue weighted by molar-refractivity contribution is -0.0859. The summed E-state index contributed by atoms with van der Waals surface area (Å²) in [6, 6.07) is 0.0174. The van der Waals surface area contributed by atoms with Crippen LogP contribution >= 0.6 is 0 Å². The Labute approximate surface area is 221 Å². The molecule has 0 aromatic heterocycles. The van der Waals surface area contributed by atoms with Crippen LogP contribution in [-0.2, 0) is 9.47 Å². The van der Waals surface area contributed by atoms with Gasteiger partial charge >= 0.3 is 12.2 Å². The molecule has 0 aliphatic rings. The normalized spacial score (nSPS) is 13.9. The molecule has 0 saturated heterocycles. The molecule has 8 nitrogen and oxygen atoms in total. The molecule has 3 unspecified atom stereocenters. The summed E-state index contributed by atoms with van der Waals surface area (Å²) >= 11 is 0. The number of unbranched alkanes of at least 4 members (excludes halogenated alkanes) is 12. The lowest BCUT2D eigenvalue weighted by atomic mass is 10.0. The molecule has 0 aliphatic carbocycles. The summed E-state index contributed by atoms with van der Waals surface area (Å²) in [6.45, 7) is 6.74. The number of nitrogens with zero attached hydrogens (tertiary/aromatic N) is 2. The highest BCUT2D eigenvalue weighted by atomic mass is 16.6. The van der Waals surface area contributed by atoms with Crippen molar-refractivity contribution in [2.45, 2.75) is 135 Å². The molecule has 0 heterocycles. The van der Waals surface area contributed by atoms with Crippen molar-refractivity contribution in [2.75, 3.05) is 34.3 Å². The molecule has 3 atom stereocenters. The van der Waals surface area contributed by atoms with E-state index >= 15 is 0 Å². The number of hydrogen-bond acceptors (Lipinski definition) is 5. The molecule has 0 saturated carbocycles. The molecule has 0 fully saturated rings. The first-order valence-electron chi connectivity index (χ1n) is 14.4. The smallest absolute Gasteiger partial charge is 0.410 e. The van der Waals surface area contributed by atoms with Crippen LogP contribution in [0, 0.1) is 0 Å². The number of nitrogens with one attached hydrogen (secondary N) is 1. The van der Waals surface area contributed by atoms with Gasteiger partial charge in [0, 0.05) is 26.2 Å². The first kappa shape index (κ1) is 34.5. The third-order valence-corrected chi connectivity index (χ3v) is 6.81. The van der Waals surface area contributed by atoms with Crippen molar-refractivity contribution in [1.29, 1.82) is 0 Å². The highest BCUT2D eigenvalue weighted by molar-refractivity contribution is 5.69. The van der Waals surface area contributed by atoms with Gasteiger partial charge in [-0.2, -0.15) is 0 Å². The van der Waals surface area contributed by atoms with Gasteiger partial charge in [-0.25, -0.2) is 9.59 Å². The Morgan fingerprint density at radius 2 is 1.33 bits per heavy atom. The molecule has 0 aliphatic heterocycles. The predicted molar refractivity (Wildman–Crippen MR) is 148 cm³/mol. The Balaban J connectivity index is 4.26. The van der Waals surface area contributed by atoms with Crippen molar-refractivity contribution >= 4 is 12.2 Å². The van der Waals surface area contributed by atoms with Crippen molar-refractivity contribution < 1.29 is 24.2 Å². The molecule has 2 N–H and O–H groups in total. The fourth-order valence-electron chi connectivity index (χ4n) is 4.27. The van der Waals surface area contributed by atoms with Crippen molar-refractivity contribution in [3.05, 3.63) is 0 Å². The molecule has 0 radical (unpaired) electrons. The van der Waals surface area contributed by atoms with E-state index in [1.54, 1.807) is 6.92 Å². The maximum absolute atomic E-state index is 12.6. The molecule has 0 bridgehead atoms. The number of likely N-dealkylation sites (N-methyl/N-ethyl adjacent to an activating group) is 1. The maximum atomic E-state index is 12.6. The van der Waals surface area contributed by atoms with Gasteiger partial charge in [0.05, 0.1) is 0 Å². The fraction of sp³-hybridized carbons (Fsp3) is 0.929. The third kappa shape index (κ3) is 17.8. The number of carboxylic acid groups (broad SMARTS) is 1. The van der Waals surface area contributed by atoms with E-state index in [2.05, 4.69) is 12.2 Å². The Morgan fingerprint density at radius 3 is 1.75 bits per heavy atom. The van der Waals surface area contributed by atoms with Crippen molar-refractivity contribution in [2.24, 2.45) is 0 Å². The first-order chi connectivity index (χ1) is 17.3. The highest BCUT2D eigenvalue weighted by Gasteiger charge is 2.32. The van der Waals surface area contributed by atoms with Crippen LogP contribution in [0.1, 0.15) is 117 Å². The number of methoxy groups -OCH3 is 1. The molecular formula is C28H57N3O5. The van der Waals surface area contributed by atoms with Gasteiger partial charge in [0.1, 0.15) is 6.10 Å². The Bertz CT molecular complexity index is 547. The van der Waals surface area contributed by atoms with Crippen molar-refractivity contribution in [1.82, 2.24) is 15.1 Å². The van der Waals surface area contributed by atoms with Gasteiger partial charge in [-0.05, 0) is 33.9 Å². The number of hydrogen-bond donors (Lipinski definition) is 2. The van der Waals surface area contributed by atoms with Crippen LogP contribution in [0.5, 0.6) is 0 Å². The van der Waals surface area contributed by atoms with Crippen molar-refractivity contribution in [3.63, 3.8) is 0 Å². The standard InChI is InChI=1S/C28H57N3O5/c1-7-9-10-11-12-13-14-15-16-17-18-19-20-21-25(8-2)29-27(32)36-26(24(3)35-6)31(28(33)34)23-22-30(4)5/h24-26H,7-23H2,1-6H3,(H,29,32)(H,33,34). The van der Waals surface area contributed by atoms with Gasteiger partial charge in [0.2, 0.25) is 6.23 Å². The number of amides is 2. The van der Waals surface area contributed by atoms with Gasteiger partial charge in [0.25, 0.3) is 0 Å². The Morgan fingerprint density at radius 1 is 0.833 bits per heavy atom. The second-order valence-corrected chi connectivity index (χ2v) is 10.3. The molecular weight excluding hydrogens is 458 g/mol. The summed E-state index contributed by atoms with van der Waals surface area (Å²) < 4.78 is 10.9. The average Bonchev–Trinajstić information content (AvgIpc) is 2.84. The van der Waals surface area contributed by atoms with Crippen LogP contribution in [0.2, 0.25) is 0 Å². The average molecular weight is 516 g/mol. The maximum Gasteiger partial charge on any atom is 0.410 e. The van der Waals surface area contributed by atoms with Crippen LogP contribution in [-0.4, -0.2) is 79.8 Å². The molecule has 0 rings (SSSR count). The van der Waals surface area contributed by atoms with Crippen LogP contribution in [0.3, 0.4) is 0 Å². The highest BCUT2D eigenvalue weighted by Crippen LogP contribution is 2.15. The number of ether oxygens (including phenoxy) is 2. The van der Waals surface area contributed by atoms with Gasteiger partial charge in [0.15, 0.2) is 0 Å². The third-order valence-electron chi connectivity index (χ3n) is 6.81. The van der Waals surface area contributed by atoms with E-state index in [0.717, 1.165) is 24.2 Å². The van der Waals surface area contributed by atoms with Gasteiger partial charge in [-0.1, -0.05) is 97.3 Å². The minimum atomic E-state index is -1.14. The van der Waals surface area contributed by atoms with Crippen molar-refractivity contribution in [3.8, 4) is 0 Å². The lowest BCUT2D eigenvalue weighted by Crippen LogP contribution is -2.52. The zero-order valence-corrected chi connectivity index (χ0v) is 24.2. The minimum Gasteiger partial charge on any atom is -0.465 e. The van der Waals surface area contributed by atoms with E-state index in [1.165, 1.54) is 84.2 Å². The Kier molecular flexibility index (Phi) is 21.7. The van der Waals surface area contributed by atoms with Crippen LogP contribution < -0.4 is 5.32 Å². The number of carbonyl (C=O) groups is 2. The summed E-state index contributed by atoms with van der Waals surface area (Å²) in [5.74, 6) is 0. The van der Waals surface area contributed by atoms with Gasteiger partial charge < -0.3 is 24.8 Å². The zero-order valence-electron chi connectivity index (χ0n) is 24.2. The van der Waals surface area contributed by atoms with E-state index < -0.39 is 24.5 Å². The molecule has 0 aromatic carbocycles. The SMILES string of the molecule is CCCCCCCCCCCCCCCC(CC)NC(=O)OC(C(C)OC)N(CCN(C)C)C(=O)O. The topological polar surface area (TPSA) is 91.3 Å². The molecule has 0 aromatic rings. The quantitative estimate of drug-likeness (QED) is 0.114. The molecule has 36 heavy (non-hydrogen) atoms. The van der Waals surface area contributed by atoms with Crippen LogP contribution in [0.15, 0.2) is 0 Å². The van der Waals surface area contributed by atoms with Gasteiger partial charge in [-0.3, -0.25) is 4.90 Å². The summed E-state index contributed by atoms with van der Waals surface area (Å²) in [5.41, 5.74) is 0. The summed E-state index contributed by atoms with van der Waals surface area (Å²) in [4.78, 5) is 27.5. The van der Waals surface area contributed by atoms with E-state index in [-0.39, 0.29) is 12.6 Å². The summed E-state index contributed by atoms with van der Waals surface area (Å²) in [5, 5.41) is 12.6. The van der Waals surface area contributed by atoms with E-state index in [1.807, 2.05) is 25.9 Å². The van der Waals surface area contributed by atoms with Crippen LogP contribution in [0.25, 0.3) is 0 Å². The minimum absolute atomic E-state index is 0.0174. The fourth-order valence-corrected chi connectivity index (χ4v) is 4.27. The number of alkyl carbamates (subject to hydrolysis) is 1.